The van der Waals surface area contributed by atoms with Crippen molar-refractivity contribution >= 4 is 23.2 Å². The Bertz CT molecular complexity index is 584. The normalized spacial score (nSPS) is 22.5. The summed E-state index contributed by atoms with van der Waals surface area (Å²) in [5.74, 6) is 0.387. The van der Waals surface area contributed by atoms with Crippen molar-refractivity contribution in [1.29, 1.82) is 0 Å². The van der Waals surface area contributed by atoms with E-state index in [1.807, 2.05) is 36.9 Å². The number of carbonyl (C=O) groups excluding carboxylic acids is 1. The highest BCUT2D eigenvalue weighted by Gasteiger charge is 2.28. The summed E-state index contributed by atoms with van der Waals surface area (Å²) in [6, 6.07) is 9.07. The van der Waals surface area contributed by atoms with Crippen LogP contribution in [0.5, 0.6) is 0 Å². The lowest BCUT2D eigenvalue weighted by Gasteiger charge is -2.39. The Kier molecular flexibility index (Phi) is 6.24. The van der Waals surface area contributed by atoms with Gasteiger partial charge in [0.05, 0.1) is 10.7 Å². The zero-order chi connectivity index (χ0) is 17.8. The van der Waals surface area contributed by atoms with Gasteiger partial charge in [0.25, 0.3) is 0 Å². The topological polar surface area (TPSA) is 35.6 Å². The van der Waals surface area contributed by atoms with Gasteiger partial charge in [-0.3, -0.25) is 4.79 Å². The van der Waals surface area contributed by atoms with Crippen LogP contribution in [0, 0.1) is 5.92 Å². The van der Waals surface area contributed by atoms with Gasteiger partial charge < -0.3 is 15.1 Å². The van der Waals surface area contributed by atoms with E-state index in [1.165, 1.54) is 6.42 Å². The van der Waals surface area contributed by atoms with Crippen LogP contribution in [-0.4, -0.2) is 49.1 Å². The fraction of sp³-hybridized carbons (Fsp3) is 0.650. The van der Waals surface area contributed by atoms with Crippen LogP contribution in [0.25, 0.3) is 0 Å². The quantitative estimate of drug-likeness (QED) is 0.888. The van der Waals surface area contributed by atoms with E-state index < -0.39 is 0 Å². The Morgan fingerprint density at radius 3 is 2.52 bits per heavy atom. The van der Waals surface area contributed by atoms with Gasteiger partial charge >= 0.3 is 0 Å². The molecular weight excluding hydrogens is 334 g/mol. The fourth-order valence-corrected chi connectivity index (χ4v) is 4.26. The van der Waals surface area contributed by atoms with Crippen LogP contribution in [-0.2, 0) is 4.79 Å². The number of nitrogens with zero attached hydrogens (tertiary/aromatic N) is 2. The van der Waals surface area contributed by atoms with Crippen molar-refractivity contribution in [1.82, 2.24) is 10.2 Å². The van der Waals surface area contributed by atoms with Crippen LogP contribution < -0.4 is 10.2 Å². The van der Waals surface area contributed by atoms with Gasteiger partial charge in [0, 0.05) is 44.2 Å². The number of anilines is 1. The number of likely N-dealkylation sites (tertiary alicyclic amines) is 1. The van der Waals surface area contributed by atoms with Gasteiger partial charge in [-0.2, -0.15) is 0 Å². The minimum Gasteiger partial charge on any atom is -0.370 e. The Labute approximate surface area is 156 Å². The molecule has 25 heavy (non-hydrogen) atoms. The number of hydrogen-bond donors (Lipinski definition) is 1. The first-order valence-electron chi connectivity index (χ1n) is 9.59. The first-order chi connectivity index (χ1) is 12.0. The molecule has 1 amide bonds. The molecule has 138 valence electrons. The van der Waals surface area contributed by atoms with E-state index in [0.29, 0.717) is 18.0 Å². The molecule has 2 aliphatic rings. The van der Waals surface area contributed by atoms with Gasteiger partial charge in [-0.05, 0) is 37.8 Å². The Morgan fingerprint density at radius 2 is 1.84 bits per heavy atom. The van der Waals surface area contributed by atoms with E-state index in [2.05, 4.69) is 16.3 Å². The highest BCUT2D eigenvalue weighted by molar-refractivity contribution is 6.33. The maximum atomic E-state index is 12.2. The molecule has 2 fully saturated rings. The molecule has 0 bridgehead atoms. The molecule has 0 spiro atoms. The van der Waals surface area contributed by atoms with Crippen LogP contribution in [0.2, 0.25) is 5.02 Å². The smallest absolute Gasteiger partial charge is 0.225 e. The predicted octanol–water partition coefficient (Wildman–Crippen LogP) is 3.55. The molecule has 0 aromatic heterocycles. The summed E-state index contributed by atoms with van der Waals surface area (Å²) in [6.07, 6.45) is 4.53. The summed E-state index contributed by atoms with van der Waals surface area (Å²) in [7, 11) is 0. The second kappa shape index (κ2) is 8.41. The number of rotatable bonds is 4. The molecule has 2 aliphatic heterocycles. The Morgan fingerprint density at radius 1 is 1.12 bits per heavy atom. The van der Waals surface area contributed by atoms with Gasteiger partial charge in [-0.25, -0.2) is 0 Å². The summed E-state index contributed by atoms with van der Waals surface area (Å²) >= 11 is 6.33. The van der Waals surface area contributed by atoms with E-state index in [4.69, 9.17) is 11.6 Å². The zero-order valence-electron chi connectivity index (χ0n) is 15.4. The third kappa shape index (κ3) is 4.68. The molecule has 1 unspecified atom stereocenters. The lowest BCUT2D eigenvalue weighted by atomic mass is 9.99. The first kappa shape index (κ1) is 18.5. The molecule has 4 nitrogen and oxygen atoms in total. The number of piperidine rings is 2. The SMILES string of the molecule is CC(C)C(=O)N1CCCC(NC2CCN(c3ccccc3Cl)CC2)C1. The number of hydrogen-bond acceptors (Lipinski definition) is 3. The van der Waals surface area contributed by atoms with Crippen LogP contribution >= 0.6 is 11.6 Å². The van der Waals surface area contributed by atoms with Crippen molar-refractivity contribution in [3.8, 4) is 0 Å². The van der Waals surface area contributed by atoms with Crippen LogP contribution in [0.4, 0.5) is 5.69 Å². The van der Waals surface area contributed by atoms with Crippen molar-refractivity contribution in [3.63, 3.8) is 0 Å². The summed E-state index contributed by atoms with van der Waals surface area (Å²) < 4.78 is 0. The molecule has 0 aliphatic carbocycles. The van der Waals surface area contributed by atoms with Crippen LogP contribution in [0.1, 0.15) is 39.5 Å². The van der Waals surface area contributed by atoms with Crippen molar-refractivity contribution in [2.75, 3.05) is 31.1 Å². The van der Waals surface area contributed by atoms with Crippen molar-refractivity contribution in [3.05, 3.63) is 29.3 Å². The minimum atomic E-state index is 0.0950. The molecule has 1 aromatic rings. The first-order valence-corrected chi connectivity index (χ1v) is 9.96. The van der Waals surface area contributed by atoms with E-state index in [-0.39, 0.29) is 5.92 Å². The number of benzene rings is 1. The number of amides is 1. The predicted molar refractivity (Wildman–Crippen MR) is 104 cm³/mol. The molecule has 3 rings (SSSR count). The fourth-order valence-electron chi connectivity index (χ4n) is 4.01. The molecule has 1 atom stereocenters. The molecule has 2 saturated heterocycles. The van der Waals surface area contributed by atoms with Crippen molar-refractivity contribution < 1.29 is 4.79 Å². The van der Waals surface area contributed by atoms with Gasteiger partial charge in [-0.1, -0.05) is 37.6 Å². The van der Waals surface area contributed by atoms with Crippen LogP contribution in [0.15, 0.2) is 24.3 Å². The molecule has 0 radical (unpaired) electrons. The summed E-state index contributed by atoms with van der Waals surface area (Å²) in [5, 5.41) is 4.65. The number of halogens is 1. The molecule has 0 saturated carbocycles. The molecule has 1 N–H and O–H groups in total. The summed E-state index contributed by atoms with van der Waals surface area (Å²) in [5.41, 5.74) is 1.15. The van der Waals surface area contributed by atoms with E-state index in [1.54, 1.807) is 0 Å². The molecule has 5 heteroatoms. The summed E-state index contributed by atoms with van der Waals surface area (Å²) in [4.78, 5) is 16.7. The average molecular weight is 364 g/mol. The number of para-hydroxylation sites is 1. The van der Waals surface area contributed by atoms with Crippen molar-refractivity contribution in [2.24, 2.45) is 5.92 Å². The summed E-state index contributed by atoms with van der Waals surface area (Å²) in [6.45, 7) is 7.82. The lowest BCUT2D eigenvalue weighted by molar-refractivity contribution is -0.135. The maximum absolute atomic E-state index is 12.2. The standard InChI is InChI=1S/C20H30ClN3O/c1-15(2)20(25)24-11-5-6-17(14-24)22-16-9-12-23(13-10-16)19-8-4-3-7-18(19)21/h3-4,7-8,15-17,22H,5-6,9-14H2,1-2H3. The van der Waals surface area contributed by atoms with Crippen LogP contribution in [0.3, 0.4) is 0 Å². The van der Waals surface area contributed by atoms with Crippen molar-refractivity contribution in [2.45, 2.75) is 51.6 Å². The third-order valence-electron chi connectivity index (χ3n) is 5.39. The molecule has 2 heterocycles. The zero-order valence-corrected chi connectivity index (χ0v) is 16.1. The highest BCUT2D eigenvalue weighted by atomic mass is 35.5. The van der Waals surface area contributed by atoms with E-state index in [9.17, 15) is 4.79 Å². The van der Waals surface area contributed by atoms with Gasteiger partial charge in [-0.15, -0.1) is 0 Å². The second-order valence-electron chi connectivity index (χ2n) is 7.66. The van der Waals surface area contributed by atoms with E-state index >= 15 is 0 Å². The lowest BCUT2D eigenvalue weighted by Crippen LogP contribution is -2.53. The number of nitrogens with one attached hydrogen (secondary N) is 1. The Balaban J connectivity index is 1.49. The minimum absolute atomic E-state index is 0.0950. The molecule has 1 aromatic carbocycles. The third-order valence-corrected chi connectivity index (χ3v) is 5.71. The van der Waals surface area contributed by atoms with Gasteiger partial charge in [0.1, 0.15) is 0 Å². The van der Waals surface area contributed by atoms with Gasteiger partial charge in [0.15, 0.2) is 0 Å². The highest BCUT2D eigenvalue weighted by Crippen LogP contribution is 2.28. The molecular formula is C20H30ClN3O. The van der Waals surface area contributed by atoms with E-state index in [0.717, 1.165) is 56.2 Å². The Hall–Kier alpha value is -1.26. The average Bonchev–Trinajstić information content (AvgIpc) is 2.62. The number of carbonyl (C=O) groups is 1. The largest absolute Gasteiger partial charge is 0.370 e. The maximum Gasteiger partial charge on any atom is 0.225 e. The van der Waals surface area contributed by atoms with Gasteiger partial charge in [0.2, 0.25) is 5.91 Å². The monoisotopic (exact) mass is 363 g/mol. The second-order valence-corrected chi connectivity index (χ2v) is 8.06.